The zero-order valence-corrected chi connectivity index (χ0v) is 34.7. The molecule has 0 bridgehead atoms. The van der Waals surface area contributed by atoms with Crippen molar-refractivity contribution in [2.24, 2.45) is 0 Å². The van der Waals surface area contributed by atoms with E-state index >= 15 is 0 Å². The molecule has 0 aliphatic heterocycles. The third kappa shape index (κ3) is 13.5. The predicted octanol–water partition coefficient (Wildman–Crippen LogP) is 11.0. The number of hydrogen-bond donors (Lipinski definition) is 2. The Balaban J connectivity index is 1.39. The van der Waals surface area contributed by atoms with Crippen LogP contribution in [-0.4, -0.2) is 60.8 Å². The van der Waals surface area contributed by atoms with Crippen LogP contribution in [0, 0.1) is 0 Å². The monoisotopic (exact) mass is 946 g/mol. The van der Waals surface area contributed by atoms with E-state index in [4.69, 9.17) is 18.9 Å². The molecule has 4 aromatic rings. The maximum absolute atomic E-state index is 14.3. The number of alkyl halides is 6. The molecule has 0 aliphatic rings. The van der Waals surface area contributed by atoms with Crippen molar-refractivity contribution >= 4 is 43.8 Å². The highest BCUT2D eigenvalue weighted by atomic mass is 79.9. The van der Waals surface area contributed by atoms with Gasteiger partial charge in [0, 0.05) is 26.1 Å². The number of ether oxygens (including phenoxy) is 4. The van der Waals surface area contributed by atoms with Crippen molar-refractivity contribution in [1.82, 2.24) is 0 Å². The maximum Gasteiger partial charge on any atom is 0.416 e. The van der Waals surface area contributed by atoms with Crippen LogP contribution in [0.2, 0.25) is 0 Å². The van der Waals surface area contributed by atoms with E-state index < -0.39 is 47.6 Å². The van der Waals surface area contributed by atoms with Crippen molar-refractivity contribution in [2.45, 2.75) is 76.9 Å². The number of benzene rings is 4. The Morgan fingerprint density at radius 1 is 0.603 bits per heavy atom. The van der Waals surface area contributed by atoms with Crippen molar-refractivity contribution in [1.29, 1.82) is 0 Å². The second kappa shape index (κ2) is 21.2. The molecule has 0 amide bonds. The number of aryl methyl sites for hydroxylation is 2. The minimum Gasteiger partial charge on any atom is -0.492 e. The Labute approximate surface area is 348 Å². The van der Waals surface area contributed by atoms with Gasteiger partial charge in [-0.25, -0.2) is 9.59 Å². The van der Waals surface area contributed by atoms with Gasteiger partial charge in [0.1, 0.15) is 11.5 Å². The number of aliphatic carboxylic acids is 2. The number of carbonyl (C=O) groups is 2. The highest BCUT2D eigenvalue weighted by Gasteiger charge is 2.35. The lowest BCUT2D eigenvalue weighted by Crippen LogP contribution is -2.26. The Morgan fingerprint density at radius 3 is 1.29 bits per heavy atom. The van der Waals surface area contributed by atoms with Crippen molar-refractivity contribution in [3.63, 3.8) is 0 Å². The van der Waals surface area contributed by atoms with E-state index in [1.54, 1.807) is 50.2 Å². The van der Waals surface area contributed by atoms with Crippen molar-refractivity contribution in [3.8, 4) is 22.6 Å². The molecule has 2 atom stereocenters. The molecule has 0 saturated carbocycles. The van der Waals surface area contributed by atoms with Gasteiger partial charge in [-0.15, -0.1) is 0 Å². The summed E-state index contributed by atoms with van der Waals surface area (Å²) in [5.74, 6) is -1.35. The summed E-state index contributed by atoms with van der Waals surface area (Å²) >= 11 is 6.77. The van der Waals surface area contributed by atoms with E-state index in [0.29, 0.717) is 31.6 Å². The maximum atomic E-state index is 14.3. The van der Waals surface area contributed by atoms with Gasteiger partial charge in [0.25, 0.3) is 0 Å². The third-order valence-corrected chi connectivity index (χ3v) is 10.2. The molecule has 0 saturated heterocycles. The fraction of sp³-hybridized carbons (Fsp3) is 0.381. The molecule has 16 heteroatoms. The lowest BCUT2D eigenvalue weighted by atomic mass is 9.93. The molecule has 58 heavy (non-hydrogen) atoms. The molecule has 0 heterocycles. The number of carboxylic acid groups (broad SMARTS) is 2. The van der Waals surface area contributed by atoms with E-state index in [0.717, 1.165) is 12.1 Å². The summed E-state index contributed by atoms with van der Waals surface area (Å²) in [6.07, 6.45) is -11.0. The van der Waals surface area contributed by atoms with Crippen molar-refractivity contribution in [3.05, 3.63) is 115 Å². The normalized spacial score (nSPS) is 12.9. The van der Waals surface area contributed by atoms with Gasteiger partial charge in [-0.05, 0) is 141 Å². The lowest BCUT2D eigenvalue weighted by Gasteiger charge is -2.18. The molecule has 314 valence electrons. The molecule has 0 spiro atoms. The van der Waals surface area contributed by atoms with E-state index in [1.165, 1.54) is 24.3 Å². The summed E-state index contributed by atoms with van der Waals surface area (Å²) < 4.78 is 109. The van der Waals surface area contributed by atoms with Gasteiger partial charge in [-0.2, -0.15) is 26.3 Å². The molecule has 2 unspecified atom stereocenters. The molecule has 0 aromatic heterocycles. The number of hydrogen-bond acceptors (Lipinski definition) is 6. The topological polar surface area (TPSA) is 112 Å². The van der Waals surface area contributed by atoms with E-state index in [1.807, 2.05) is 0 Å². The van der Waals surface area contributed by atoms with Gasteiger partial charge >= 0.3 is 24.3 Å². The minimum absolute atomic E-state index is 0.0181. The SMILES string of the molecule is CCOC(Cc1ccc(OCCCc2ccc(-c3ccc(CCCOc4ccc(CC(OCC)C(=O)O)cc4Br)c(C(F)(F)F)c3)cc2C(F)(F)F)c(Br)c1)C(=O)O. The zero-order chi connectivity index (χ0) is 42.6. The fourth-order valence-electron chi connectivity index (χ4n) is 6.21. The van der Waals surface area contributed by atoms with Crippen LogP contribution in [0.25, 0.3) is 11.1 Å². The van der Waals surface area contributed by atoms with E-state index in [2.05, 4.69) is 31.9 Å². The summed E-state index contributed by atoms with van der Waals surface area (Å²) in [5.41, 5.74) is -0.655. The van der Waals surface area contributed by atoms with Crippen LogP contribution in [0.4, 0.5) is 26.3 Å². The highest BCUT2D eigenvalue weighted by Crippen LogP contribution is 2.39. The molecular weight excluding hydrogens is 906 g/mol. The van der Waals surface area contributed by atoms with Crippen molar-refractivity contribution in [2.75, 3.05) is 26.4 Å². The number of rotatable bonds is 21. The van der Waals surface area contributed by atoms with Crippen LogP contribution in [0.15, 0.2) is 81.7 Å². The smallest absolute Gasteiger partial charge is 0.416 e. The van der Waals surface area contributed by atoms with Crippen LogP contribution in [0.3, 0.4) is 0 Å². The molecule has 2 N–H and O–H groups in total. The van der Waals surface area contributed by atoms with Gasteiger partial charge in [-0.1, -0.05) is 36.4 Å². The van der Waals surface area contributed by atoms with Gasteiger partial charge in [0.05, 0.1) is 33.3 Å². The molecular formula is C42H42Br2F6O8. The first-order valence-corrected chi connectivity index (χ1v) is 19.9. The first-order chi connectivity index (χ1) is 27.4. The van der Waals surface area contributed by atoms with Crippen LogP contribution in [0.5, 0.6) is 11.5 Å². The van der Waals surface area contributed by atoms with Crippen LogP contribution < -0.4 is 9.47 Å². The van der Waals surface area contributed by atoms with Crippen LogP contribution in [0.1, 0.15) is 60.1 Å². The van der Waals surface area contributed by atoms with Gasteiger partial charge in [-0.3, -0.25) is 0 Å². The third-order valence-electron chi connectivity index (χ3n) is 8.98. The first-order valence-electron chi connectivity index (χ1n) is 18.3. The molecule has 0 aliphatic carbocycles. The summed E-state index contributed by atoms with van der Waals surface area (Å²) in [7, 11) is 0. The standard InChI is InChI=1S/C42H42Br2F6O8/c1-3-55-37(39(51)52)21-25-9-15-35(33(43)19-25)57-17-5-7-27-11-13-29(23-31(27)41(45,46)47)30-14-12-28(32(24-30)42(48,49)50)8-6-18-58-36-16-10-26(20-34(36)44)22-38(40(53)54)56-4-2/h9-16,19-20,23-24,37-38H,3-8,17-18,21-22H2,1-2H3,(H,51,52)(H,53,54). The second-order valence-corrected chi connectivity index (χ2v) is 14.9. The van der Waals surface area contributed by atoms with Crippen molar-refractivity contribution < 1.29 is 65.1 Å². The molecule has 4 aromatic carbocycles. The van der Waals surface area contributed by atoms with Crippen LogP contribution >= 0.6 is 31.9 Å². The van der Waals surface area contributed by atoms with E-state index in [9.17, 15) is 46.1 Å². The average molecular weight is 949 g/mol. The van der Waals surface area contributed by atoms with Gasteiger partial charge < -0.3 is 29.2 Å². The lowest BCUT2D eigenvalue weighted by molar-refractivity contribution is -0.150. The fourth-order valence-corrected chi connectivity index (χ4v) is 7.29. The average Bonchev–Trinajstić information content (AvgIpc) is 3.15. The Bertz CT molecular complexity index is 1880. The Morgan fingerprint density at radius 2 is 0.983 bits per heavy atom. The Kier molecular flexibility index (Phi) is 17.0. The first kappa shape index (κ1) is 46.6. The largest absolute Gasteiger partial charge is 0.492 e. The minimum atomic E-state index is -4.77. The molecule has 8 nitrogen and oxygen atoms in total. The van der Waals surface area contributed by atoms with Gasteiger partial charge in [0.2, 0.25) is 0 Å². The summed E-state index contributed by atoms with van der Waals surface area (Å²) in [6, 6.07) is 17.0. The molecule has 4 rings (SSSR count). The number of halogens is 8. The van der Waals surface area contributed by atoms with E-state index in [-0.39, 0.29) is 87.2 Å². The summed E-state index contributed by atoms with van der Waals surface area (Å²) in [5, 5.41) is 18.7. The molecule has 0 radical (unpaired) electrons. The Hall–Kier alpha value is -4.12. The summed E-state index contributed by atoms with van der Waals surface area (Å²) in [6.45, 7) is 3.97. The zero-order valence-electron chi connectivity index (χ0n) is 31.5. The highest BCUT2D eigenvalue weighted by molar-refractivity contribution is 9.11. The number of carboxylic acids is 2. The van der Waals surface area contributed by atoms with Gasteiger partial charge in [0.15, 0.2) is 12.2 Å². The predicted molar refractivity (Wildman–Crippen MR) is 211 cm³/mol. The molecule has 0 fully saturated rings. The quantitative estimate of drug-likeness (QED) is 0.0628. The second-order valence-electron chi connectivity index (χ2n) is 13.1. The summed E-state index contributed by atoms with van der Waals surface area (Å²) in [4.78, 5) is 22.8. The van der Waals surface area contributed by atoms with Crippen LogP contribution in [-0.2, 0) is 57.1 Å².